The highest BCUT2D eigenvalue weighted by atomic mass is 16.5. The molecule has 1 aliphatic heterocycles. The van der Waals surface area contributed by atoms with Crippen LogP contribution in [0.3, 0.4) is 0 Å². The SMILES string of the molecule is COc1ccc(CCn2c(=N)c(C(=O)NCCN3CCOCC3)cc3c(=O)n4cccc(C)c4nc32)cc1. The van der Waals surface area contributed by atoms with E-state index in [0.29, 0.717) is 55.9 Å². The number of ether oxygens (including phenoxy) is 2. The van der Waals surface area contributed by atoms with Crippen molar-refractivity contribution in [3.63, 3.8) is 0 Å². The van der Waals surface area contributed by atoms with E-state index in [-0.39, 0.29) is 22.5 Å². The number of pyridine rings is 2. The minimum atomic E-state index is -0.378. The van der Waals surface area contributed by atoms with E-state index in [1.807, 2.05) is 37.3 Å². The fourth-order valence-corrected chi connectivity index (χ4v) is 4.77. The van der Waals surface area contributed by atoms with E-state index in [4.69, 9.17) is 19.9 Å². The van der Waals surface area contributed by atoms with Gasteiger partial charge in [-0.05, 0) is 48.7 Å². The van der Waals surface area contributed by atoms with Crippen LogP contribution in [0.25, 0.3) is 16.7 Å². The molecule has 4 heterocycles. The Kier molecular flexibility index (Phi) is 7.52. The molecule has 5 rings (SSSR count). The molecule has 0 bridgehead atoms. The molecule has 0 atom stereocenters. The summed E-state index contributed by atoms with van der Waals surface area (Å²) in [4.78, 5) is 33.8. The molecule has 3 aromatic heterocycles. The molecule has 1 amide bonds. The molecule has 38 heavy (non-hydrogen) atoms. The van der Waals surface area contributed by atoms with Gasteiger partial charge in [-0.25, -0.2) is 4.98 Å². The number of carbonyl (C=O) groups is 1. The number of amides is 1. The maximum Gasteiger partial charge on any atom is 0.267 e. The van der Waals surface area contributed by atoms with E-state index in [9.17, 15) is 9.59 Å². The first-order valence-electron chi connectivity index (χ1n) is 12.8. The molecule has 4 aromatic rings. The second-order valence-electron chi connectivity index (χ2n) is 9.41. The van der Waals surface area contributed by atoms with Crippen molar-refractivity contribution in [1.82, 2.24) is 24.2 Å². The minimum absolute atomic E-state index is 0.0275. The zero-order chi connectivity index (χ0) is 26.6. The summed E-state index contributed by atoms with van der Waals surface area (Å²) in [5, 5.41) is 12.2. The second kappa shape index (κ2) is 11.2. The molecular formula is C28H32N6O4. The smallest absolute Gasteiger partial charge is 0.267 e. The van der Waals surface area contributed by atoms with Crippen LogP contribution in [-0.2, 0) is 17.7 Å². The Balaban J connectivity index is 1.52. The predicted octanol–water partition coefficient (Wildman–Crippen LogP) is 1.75. The van der Waals surface area contributed by atoms with Gasteiger partial charge < -0.3 is 19.4 Å². The number of hydrogen-bond donors (Lipinski definition) is 2. The number of methoxy groups -OCH3 is 1. The summed E-state index contributed by atoms with van der Waals surface area (Å²) in [6.07, 6.45) is 2.27. The lowest BCUT2D eigenvalue weighted by atomic mass is 10.1. The largest absolute Gasteiger partial charge is 0.497 e. The predicted molar refractivity (Wildman–Crippen MR) is 144 cm³/mol. The van der Waals surface area contributed by atoms with Crippen molar-refractivity contribution in [2.24, 2.45) is 0 Å². The van der Waals surface area contributed by atoms with Crippen LogP contribution < -0.4 is 21.1 Å². The first-order chi connectivity index (χ1) is 18.5. The summed E-state index contributed by atoms with van der Waals surface area (Å²) in [6, 6.07) is 12.9. The highest BCUT2D eigenvalue weighted by molar-refractivity contribution is 5.96. The monoisotopic (exact) mass is 516 g/mol. The summed E-state index contributed by atoms with van der Waals surface area (Å²) < 4.78 is 13.8. The van der Waals surface area contributed by atoms with E-state index < -0.39 is 0 Å². The summed E-state index contributed by atoms with van der Waals surface area (Å²) >= 11 is 0. The van der Waals surface area contributed by atoms with Crippen molar-refractivity contribution in [2.45, 2.75) is 19.9 Å². The lowest BCUT2D eigenvalue weighted by Crippen LogP contribution is -2.42. The first-order valence-corrected chi connectivity index (χ1v) is 12.8. The van der Waals surface area contributed by atoms with E-state index in [2.05, 4.69) is 10.2 Å². The molecule has 0 unspecified atom stereocenters. The molecule has 10 nitrogen and oxygen atoms in total. The molecule has 2 N–H and O–H groups in total. The third kappa shape index (κ3) is 5.18. The summed E-state index contributed by atoms with van der Waals surface area (Å²) in [7, 11) is 1.62. The standard InChI is InChI=1S/C28H32N6O4/c1-19-4-3-11-34-25(19)31-26-23(28(34)36)18-22(27(35)30-10-13-32-14-16-38-17-15-32)24(29)33(26)12-9-20-5-7-21(37-2)8-6-20/h3-8,11,18,29H,9-10,12-17H2,1-2H3,(H,30,35). The lowest BCUT2D eigenvalue weighted by Gasteiger charge is -2.26. The Labute approximate surface area is 220 Å². The molecule has 1 fully saturated rings. The lowest BCUT2D eigenvalue weighted by molar-refractivity contribution is 0.0383. The zero-order valence-corrected chi connectivity index (χ0v) is 21.7. The number of morpholine rings is 1. The Morgan fingerprint density at radius 2 is 1.89 bits per heavy atom. The highest BCUT2D eigenvalue weighted by Gasteiger charge is 2.18. The molecule has 0 aliphatic carbocycles. The van der Waals surface area contributed by atoms with Gasteiger partial charge in [-0.2, -0.15) is 0 Å². The van der Waals surface area contributed by atoms with Crippen LogP contribution >= 0.6 is 0 Å². The molecular weight excluding hydrogens is 484 g/mol. The van der Waals surface area contributed by atoms with E-state index in [1.165, 1.54) is 10.5 Å². The summed E-state index contributed by atoms with van der Waals surface area (Å²) in [5.74, 6) is 0.387. The number of nitrogens with one attached hydrogen (secondary N) is 2. The van der Waals surface area contributed by atoms with Crippen LogP contribution in [-0.4, -0.2) is 71.3 Å². The average Bonchev–Trinajstić information content (AvgIpc) is 2.94. The topological polar surface area (TPSA) is 114 Å². The minimum Gasteiger partial charge on any atom is -0.497 e. The molecule has 198 valence electrons. The van der Waals surface area contributed by atoms with E-state index in [0.717, 1.165) is 30.0 Å². The van der Waals surface area contributed by atoms with Gasteiger partial charge in [0.15, 0.2) is 0 Å². The number of fused-ring (bicyclic) bond motifs is 2. The normalized spacial score (nSPS) is 14.2. The quantitative estimate of drug-likeness (QED) is 0.345. The first kappa shape index (κ1) is 25.6. The molecule has 1 aliphatic rings. The maximum atomic E-state index is 13.5. The van der Waals surface area contributed by atoms with Crippen LogP contribution in [0.1, 0.15) is 21.5 Å². The van der Waals surface area contributed by atoms with Crippen molar-refractivity contribution in [3.8, 4) is 5.75 Å². The Morgan fingerprint density at radius 1 is 1.13 bits per heavy atom. The Hall–Kier alpha value is -4.02. The van der Waals surface area contributed by atoms with Gasteiger partial charge in [0.05, 0.1) is 31.3 Å². The third-order valence-corrected chi connectivity index (χ3v) is 6.98. The number of rotatable bonds is 8. The van der Waals surface area contributed by atoms with Gasteiger partial charge in [-0.3, -0.25) is 24.3 Å². The van der Waals surface area contributed by atoms with Crippen molar-refractivity contribution >= 4 is 22.6 Å². The van der Waals surface area contributed by atoms with Crippen molar-refractivity contribution in [2.75, 3.05) is 46.5 Å². The number of nitrogens with zero attached hydrogens (tertiary/aromatic N) is 4. The molecule has 1 aromatic carbocycles. The van der Waals surface area contributed by atoms with Crippen LogP contribution in [0.5, 0.6) is 5.75 Å². The molecule has 0 radical (unpaired) electrons. The van der Waals surface area contributed by atoms with Crippen LogP contribution in [0, 0.1) is 12.3 Å². The van der Waals surface area contributed by atoms with Crippen LogP contribution in [0.4, 0.5) is 0 Å². The van der Waals surface area contributed by atoms with Gasteiger partial charge in [-0.1, -0.05) is 18.2 Å². The van der Waals surface area contributed by atoms with Gasteiger partial charge in [0.2, 0.25) is 0 Å². The molecule has 0 spiro atoms. The molecule has 0 saturated carbocycles. The maximum absolute atomic E-state index is 13.5. The number of carbonyl (C=O) groups excluding carboxylic acids is 1. The molecule has 1 saturated heterocycles. The second-order valence-corrected chi connectivity index (χ2v) is 9.41. The number of hydrogen-bond acceptors (Lipinski definition) is 7. The highest BCUT2D eigenvalue weighted by Crippen LogP contribution is 2.15. The molecule has 10 heteroatoms. The van der Waals surface area contributed by atoms with Crippen LogP contribution in [0.15, 0.2) is 53.5 Å². The van der Waals surface area contributed by atoms with Crippen molar-refractivity contribution in [1.29, 1.82) is 5.41 Å². The van der Waals surface area contributed by atoms with Crippen LogP contribution in [0.2, 0.25) is 0 Å². The van der Waals surface area contributed by atoms with E-state index in [1.54, 1.807) is 23.9 Å². The summed E-state index contributed by atoms with van der Waals surface area (Å²) in [5.41, 5.74) is 2.73. The summed E-state index contributed by atoms with van der Waals surface area (Å²) in [6.45, 7) is 6.45. The number of aryl methyl sites for hydroxylation is 3. The van der Waals surface area contributed by atoms with E-state index >= 15 is 0 Å². The Morgan fingerprint density at radius 3 is 2.63 bits per heavy atom. The third-order valence-electron chi connectivity index (χ3n) is 6.98. The van der Waals surface area contributed by atoms with Gasteiger partial charge in [-0.15, -0.1) is 0 Å². The Bertz CT molecular complexity index is 1590. The van der Waals surface area contributed by atoms with Crippen molar-refractivity contribution < 1.29 is 14.3 Å². The van der Waals surface area contributed by atoms with Gasteiger partial charge in [0.1, 0.15) is 22.5 Å². The van der Waals surface area contributed by atoms with Gasteiger partial charge in [0.25, 0.3) is 11.5 Å². The van der Waals surface area contributed by atoms with Crippen molar-refractivity contribution in [3.05, 3.63) is 81.2 Å². The zero-order valence-electron chi connectivity index (χ0n) is 21.7. The van der Waals surface area contributed by atoms with Gasteiger partial charge >= 0.3 is 0 Å². The van der Waals surface area contributed by atoms with Gasteiger partial charge in [0, 0.05) is 38.9 Å². The average molecular weight is 517 g/mol. The fraction of sp³-hybridized carbons (Fsp3) is 0.357. The number of benzene rings is 1. The fourth-order valence-electron chi connectivity index (χ4n) is 4.77. The number of aromatic nitrogens is 3.